The molecule has 0 saturated carbocycles. The lowest BCUT2D eigenvalue weighted by Gasteiger charge is -2.03. The Labute approximate surface area is 134 Å². The summed E-state index contributed by atoms with van der Waals surface area (Å²) in [5.74, 6) is -1.49. The number of benzene rings is 2. The summed E-state index contributed by atoms with van der Waals surface area (Å²) in [7, 11) is 0. The number of carbonyl (C=O) groups is 1. The molecule has 0 amide bonds. The van der Waals surface area contributed by atoms with Crippen LogP contribution >= 0.6 is 15.9 Å². The van der Waals surface area contributed by atoms with Gasteiger partial charge in [0.15, 0.2) is 5.69 Å². The standard InChI is InChI=1S/C16H10BrFN2O2/c17-11-3-1-10(2-4-11)14-9-15(16(21)22)20(19-14)13-7-5-12(18)6-8-13/h1-9H,(H,21,22). The summed E-state index contributed by atoms with van der Waals surface area (Å²) in [5.41, 5.74) is 1.84. The lowest BCUT2D eigenvalue weighted by molar-refractivity contribution is 0.0687. The fourth-order valence-corrected chi connectivity index (χ4v) is 2.34. The molecule has 0 bridgehead atoms. The van der Waals surface area contributed by atoms with Crippen molar-refractivity contribution in [2.75, 3.05) is 0 Å². The second-order valence-corrected chi connectivity index (χ2v) is 5.53. The van der Waals surface area contributed by atoms with Crippen molar-refractivity contribution < 1.29 is 14.3 Å². The van der Waals surface area contributed by atoms with Crippen molar-refractivity contribution in [3.8, 4) is 16.9 Å². The van der Waals surface area contributed by atoms with Crippen LogP contribution in [0.4, 0.5) is 4.39 Å². The molecule has 0 saturated heterocycles. The van der Waals surface area contributed by atoms with Crippen LogP contribution in [0.3, 0.4) is 0 Å². The Morgan fingerprint density at radius 3 is 2.32 bits per heavy atom. The van der Waals surface area contributed by atoms with Gasteiger partial charge in [0.1, 0.15) is 5.82 Å². The van der Waals surface area contributed by atoms with Gasteiger partial charge in [0, 0.05) is 10.0 Å². The number of aromatic nitrogens is 2. The van der Waals surface area contributed by atoms with Gasteiger partial charge in [-0.25, -0.2) is 13.9 Å². The van der Waals surface area contributed by atoms with E-state index in [0.717, 1.165) is 10.0 Å². The van der Waals surface area contributed by atoms with Crippen LogP contribution in [0.2, 0.25) is 0 Å². The van der Waals surface area contributed by atoms with Gasteiger partial charge in [0.25, 0.3) is 0 Å². The van der Waals surface area contributed by atoms with Gasteiger partial charge < -0.3 is 5.11 Å². The SMILES string of the molecule is O=C(O)c1cc(-c2ccc(Br)cc2)nn1-c1ccc(F)cc1. The van der Waals surface area contributed by atoms with E-state index in [2.05, 4.69) is 21.0 Å². The zero-order valence-electron chi connectivity index (χ0n) is 11.2. The highest BCUT2D eigenvalue weighted by atomic mass is 79.9. The van der Waals surface area contributed by atoms with Crippen LogP contribution in [0, 0.1) is 5.82 Å². The van der Waals surface area contributed by atoms with Gasteiger partial charge in [-0.1, -0.05) is 28.1 Å². The number of hydrogen-bond donors (Lipinski definition) is 1. The highest BCUT2D eigenvalue weighted by Crippen LogP contribution is 2.23. The molecule has 0 aliphatic rings. The van der Waals surface area contributed by atoms with Crippen molar-refractivity contribution >= 4 is 21.9 Å². The maximum atomic E-state index is 13.0. The predicted molar refractivity (Wildman–Crippen MR) is 83.6 cm³/mol. The van der Waals surface area contributed by atoms with E-state index in [1.54, 1.807) is 0 Å². The minimum atomic E-state index is -1.10. The van der Waals surface area contributed by atoms with Crippen LogP contribution in [-0.4, -0.2) is 20.9 Å². The molecule has 3 rings (SSSR count). The van der Waals surface area contributed by atoms with Gasteiger partial charge in [-0.15, -0.1) is 0 Å². The molecule has 0 aliphatic carbocycles. The first kappa shape index (κ1) is 14.5. The Balaban J connectivity index is 2.11. The van der Waals surface area contributed by atoms with Gasteiger partial charge in [0.05, 0.1) is 11.4 Å². The van der Waals surface area contributed by atoms with E-state index >= 15 is 0 Å². The Hall–Kier alpha value is -2.47. The third kappa shape index (κ3) is 2.78. The minimum Gasteiger partial charge on any atom is -0.477 e. The minimum absolute atomic E-state index is 0.0181. The predicted octanol–water partition coefficient (Wildman–Crippen LogP) is 4.14. The van der Waals surface area contributed by atoms with Crippen molar-refractivity contribution in [3.63, 3.8) is 0 Å². The monoisotopic (exact) mass is 360 g/mol. The van der Waals surface area contributed by atoms with Crippen molar-refractivity contribution in [1.29, 1.82) is 0 Å². The van der Waals surface area contributed by atoms with E-state index in [4.69, 9.17) is 0 Å². The topological polar surface area (TPSA) is 55.1 Å². The second kappa shape index (κ2) is 5.73. The molecule has 22 heavy (non-hydrogen) atoms. The number of carboxylic acid groups (broad SMARTS) is 1. The molecule has 110 valence electrons. The third-order valence-electron chi connectivity index (χ3n) is 3.14. The van der Waals surface area contributed by atoms with Gasteiger partial charge >= 0.3 is 5.97 Å². The summed E-state index contributed by atoms with van der Waals surface area (Å²) in [4.78, 5) is 11.4. The van der Waals surface area contributed by atoms with E-state index in [1.807, 2.05) is 24.3 Å². The molecule has 0 unspecified atom stereocenters. The Morgan fingerprint density at radius 2 is 1.73 bits per heavy atom. The summed E-state index contributed by atoms with van der Waals surface area (Å²) in [5, 5.41) is 13.7. The number of carboxylic acids is 1. The van der Waals surface area contributed by atoms with Crippen LogP contribution in [-0.2, 0) is 0 Å². The van der Waals surface area contributed by atoms with E-state index in [9.17, 15) is 14.3 Å². The smallest absolute Gasteiger partial charge is 0.354 e. The van der Waals surface area contributed by atoms with E-state index in [0.29, 0.717) is 11.4 Å². The summed E-state index contributed by atoms with van der Waals surface area (Å²) in [6.45, 7) is 0. The molecule has 1 heterocycles. The molecule has 0 atom stereocenters. The number of rotatable bonds is 3. The van der Waals surface area contributed by atoms with Crippen LogP contribution in [0.5, 0.6) is 0 Å². The van der Waals surface area contributed by atoms with Crippen molar-refractivity contribution in [2.24, 2.45) is 0 Å². The van der Waals surface area contributed by atoms with Crippen LogP contribution in [0.25, 0.3) is 16.9 Å². The molecule has 6 heteroatoms. The average Bonchev–Trinajstić information content (AvgIpc) is 2.94. The quantitative estimate of drug-likeness (QED) is 0.763. The summed E-state index contributed by atoms with van der Waals surface area (Å²) in [6.07, 6.45) is 0. The molecule has 0 spiro atoms. The van der Waals surface area contributed by atoms with E-state index < -0.39 is 5.97 Å². The van der Waals surface area contributed by atoms with Crippen molar-refractivity contribution in [1.82, 2.24) is 9.78 Å². The van der Waals surface area contributed by atoms with E-state index in [1.165, 1.54) is 35.0 Å². The van der Waals surface area contributed by atoms with Gasteiger partial charge in [-0.3, -0.25) is 0 Å². The Kier molecular flexibility index (Phi) is 3.77. The molecule has 0 aliphatic heterocycles. The summed E-state index contributed by atoms with van der Waals surface area (Å²) in [6, 6.07) is 14.4. The first-order valence-corrected chi connectivity index (χ1v) is 7.19. The summed E-state index contributed by atoms with van der Waals surface area (Å²) >= 11 is 3.35. The van der Waals surface area contributed by atoms with Crippen LogP contribution in [0.1, 0.15) is 10.5 Å². The van der Waals surface area contributed by atoms with Gasteiger partial charge in [-0.05, 0) is 42.5 Å². The Morgan fingerprint density at radius 1 is 1.09 bits per heavy atom. The molecule has 4 nitrogen and oxygen atoms in total. The van der Waals surface area contributed by atoms with Gasteiger partial charge in [-0.2, -0.15) is 5.10 Å². The molecule has 3 aromatic rings. The lowest BCUT2D eigenvalue weighted by atomic mass is 10.1. The number of nitrogens with zero attached hydrogens (tertiary/aromatic N) is 2. The second-order valence-electron chi connectivity index (χ2n) is 4.62. The summed E-state index contributed by atoms with van der Waals surface area (Å²) < 4.78 is 15.2. The fraction of sp³-hybridized carbons (Fsp3) is 0. The Bertz CT molecular complexity index is 826. The maximum Gasteiger partial charge on any atom is 0.354 e. The lowest BCUT2D eigenvalue weighted by Crippen LogP contribution is -2.07. The largest absolute Gasteiger partial charge is 0.477 e. The number of hydrogen-bond acceptors (Lipinski definition) is 2. The molecular weight excluding hydrogens is 351 g/mol. The number of aromatic carboxylic acids is 1. The molecular formula is C16H10BrFN2O2. The third-order valence-corrected chi connectivity index (χ3v) is 3.67. The van der Waals surface area contributed by atoms with Crippen LogP contribution < -0.4 is 0 Å². The normalized spacial score (nSPS) is 10.6. The zero-order valence-corrected chi connectivity index (χ0v) is 12.8. The molecule has 1 N–H and O–H groups in total. The van der Waals surface area contributed by atoms with Gasteiger partial charge in [0.2, 0.25) is 0 Å². The first-order valence-electron chi connectivity index (χ1n) is 6.40. The first-order chi connectivity index (χ1) is 10.5. The molecule has 2 aromatic carbocycles. The van der Waals surface area contributed by atoms with E-state index in [-0.39, 0.29) is 11.5 Å². The molecule has 1 aromatic heterocycles. The van der Waals surface area contributed by atoms with Crippen molar-refractivity contribution in [3.05, 3.63) is 70.6 Å². The average molecular weight is 361 g/mol. The highest BCUT2D eigenvalue weighted by Gasteiger charge is 2.16. The number of halogens is 2. The zero-order chi connectivity index (χ0) is 15.7. The van der Waals surface area contributed by atoms with Crippen LogP contribution in [0.15, 0.2) is 59.1 Å². The fourth-order valence-electron chi connectivity index (χ4n) is 2.07. The molecule has 0 fully saturated rings. The molecule has 0 radical (unpaired) electrons. The maximum absolute atomic E-state index is 13.0. The highest BCUT2D eigenvalue weighted by molar-refractivity contribution is 9.10. The van der Waals surface area contributed by atoms with Crippen molar-refractivity contribution in [2.45, 2.75) is 0 Å².